The van der Waals surface area contributed by atoms with E-state index < -0.39 is 0 Å². The van der Waals surface area contributed by atoms with Crippen LogP contribution in [0.4, 0.5) is 0 Å². The molecule has 0 saturated carbocycles. The maximum atomic E-state index is 12.5. The quantitative estimate of drug-likeness (QED) is 0.615. The predicted molar refractivity (Wildman–Crippen MR) is 127 cm³/mol. The van der Waals surface area contributed by atoms with Gasteiger partial charge in [0.1, 0.15) is 34.8 Å². The SMILES string of the molecule is CN1CCN(CCOc2cc(O)c3c(=O)cc(-c4ccccc4)oc3c2)CC1.Cl.Cl.O. The third-order valence-corrected chi connectivity index (χ3v) is 5.11. The Morgan fingerprint density at radius 3 is 2.39 bits per heavy atom. The van der Waals surface area contributed by atoms with E-state index in [1.807, 2.05) is 30.3 Å². The van der Waals surface area contributed by atoms with Crippen molar-refractivity contribution in [1.82, 2.24) is 9.80 Å². The molecule has 1 saturated heterocycles. The number of piperazine rings is 1. The van der Waals surface area contributed by atoms with Crippen molar-refractivity contribution in [3.63, 3.8) is 0 Å². The molecule has 2 aromatic carbocycles. The third kappa shape index (κ3) is 6.35. The first-order valence-corrected chi connectivity index (χ1v) is 9.50. The van der Waals surface area contributed by atoms with E-state index in [1.165, 1.54) is 12.1 Å². The Labute approximate surface area is 193 Å². The van der Waals surface area contributed by atoms with Crippen molar-refractivity contribution < 1.29 is 19.7 Å². The molecule has 0 atom stereocenters. The summed E-state index contributed by atoms with van der Waals surface area (Å²) in [5.41, 5.74) is 0.852. The molecule has 0 unspecified atom stereocenters. The fourth-order valence-corrected chi connectivity index (χ4v) is 3.44. The van der Waals surface area contributed by atoms with E-state index >= 15 is 0 Å². The number of likely N-dealkylation sites (N-methyl/N-ethyl adjacent to an activating group) is 1. The minimum atomic E-state index is -0.276. The zero-order chi connectivity index (χ0) is 19.5. The van der Waals surface area contributed by atoms with Crippen LogP contribution in [0.1, 0.15) is 0 Å². The van der Waals surface area contributed by atoms with Gasteiger partial charge in [-0.1, -0.05) is 30.3 Å². The summed E-state index contributed by atoms with van der Waals surface area (Å²) >= 11 is 0. The Hall–Kier alpha value is -2.29. The van der Waals surface area contributed by atoms with Gasteiger partial charge in [0, 0.05) is 56.5 Å². The van der Waals surface area contributed by atoms with E-state index in [-0.39, 0.29) is 46.9 Å². The van der Waals surface area contributed by atoms with E-state index in [0.717, 1.165) is 38.3 Å². The first-order chi connectivity index (χ1) is 13.6. The first-order valence-electron chi connectivity index (χ1n) is 9.50. The van der Waals surface area contributed by atoms with Crippen LogP contribution in [0, 0.1) is 0 Å². The number of benzene rings is 2. The number of ether oxygens (including phenoxy) is 1. The Bertz CT molecular complexity index is 1020. The predicted octanol–water partition coefficient (Wildman–Crippen LogP) is 2.81. The van der Waals surface area contributed by atoms with Crippen LogP contribution in [0.15, 0.2) is 57.7 Å². The molecular formula is C22H28Cl2N2O5. The summed E-state index contributed by atoms with van der Waals surface area (Å²) in [6.45, 7) is 5.50. The Kier molecular flexibility index (Phi) is 10.3. The number of phenols is 1. The van der Waals surface area contributed by atoms with Crippen molar-refractivity contribution in [2.24, 2.45) is 0 Å². The molecule has 0 spiro atoms. The lowest BCUT2D eigenvalue weighted by Gasteiger charge is -2.32. The second-order valence-corrected chi connectivity index (χ2v) is 7.15. The van der Waals surface area contributed by atoms with Gasteiger partial charge in [0.05, 0.1) is 0 Å². The van der Waals surface area contributed by atoms with Crippen LogP contribution in [-0.4, -0.2) is 66.8 Å². The minimum Gasteiger partial charge on any atom is -0.507 e. The summed E-state index contributed by atoms with van der Waals surface area (Å²) in [6, 6.07) is 14.0. The van der Waals surface area contributed by atoms with Crippen LogP contribution in [0.2, 0.25) is 0 Å². The van der Waals surface area contributed by atoms with Crippen LogP contribution in [-0.2, 0) is 0 Å². The Morgan fingerprint density at radius 2 is 1.71 bits per heavy atom. The largest absolute Gasteiger partial charge is 0.507 e. The number of fused-ring (bicyclic) bond motifs is 1. The van der Waals surface area contributed by atoms with E-state index in [9.17, 15) is 9.90 Å². The highest BCUT2D eigenvalue weighted by molar-refractivity contribution is 5.86. The van der Waals surface area contributed by atoms with Gasteiger partial charge in [-0.2, -0.15) is 0 Å². The minimum absolute atomic E-state index is 0. The van der Waals surface area contributed by atoms with Gasteiger partial charge in [-0.05, 0) is 7.05 Å². The maximum Gasteiger partial charge on any atom is 0.197 e. The average molecular weight is 471 g/mol. The summed E-state index contributed by atoms with van der Waals surface area (Å²) in [5.74, 6) is 0.833. The van der Waals surface area contributed by atoms with Crippen LogP contribution >= 0.6 is 24.8 Å². The maximum absolute atomic E-state index is 12.5. The van der Waals surface area contributed by atoms with E-state index in [4.69, 9.17) is 9.15 Å². The summed E-state index contributed by atoms with van der Waals surface area (Å²) in [4.78, 5) is 17.1. The summed E-state index contributed by atoms with van der Waals surface area (Å²) in [5, 5.41) is 10.5. The van der Waals surface area contributed by atoms with Crippen LogP contribution < -0.4 is 10.2 Å². The third-order valence-electron chi connectivity index (χ3n) is 5.11. The van der Waals surface area contributed by atoms with Gasteiger partial charge in [0.15, 0.2) is 5.43 Å². The molecular weight excluding hydrogens is 443 g/mol. The fraction of sp³-hybridized carbons (Fsp3) is 0.318. The zero-order valence-electron chi connectivity index (χ0n) is 17.2. The molecule has 1 fully saturated rings. The van der Waals surface area contributed by atoms with Gasteiger partial charge >= 0.3 is 0 Å². The zero-order valence-corrected chi connectivity index (χ0v) is 18.9. The molecule has 0 aliphatic carbocycles. The number of rotatable bonds is 5. The highest BCUT2D eigenvalue weighted by Crippen LogP contribution is 2.31. The second kappa shape index (κ2) is 11.9. The lowest BCUT2D eigenvalue weighted by molar-refractivity contribution is 0.133. The molecule has 0 bridgehead atoms. The van der Waals surface area contributed by atoms with Crippen LogP contribution in [0.25, 0.3) is 22.3 Å². The van der Waals surface area contributed by atoms with E-state index in [0.29, 0.717) is 23.7 Å². The van der Waals surface area contributed by atoms with Crippen LogP contribution in [0.5, 0.6) is 11.5 Å². The first kappa shape index (κ1) is 26.7. The van der Waals surface area contributed by atoms with Crippen molar-refractivity contribution >= 4 is 35.8 Å². The van der Waals surface area contributed by atoms with Gasteiger partial charge < -0.3 is 24.6 Å². The normalized spacial score (nSPS) is 14.2. The van der Waals surface area contributed by atoms with Gasteiger partial charge in [-0.3, -0.25) is 9.69 Å². The number of aromatic hydroxyl groups is 1. The molecule has 2 heterocycles. The Balaban J connectivity index is 0.00000160. The monoisotopic (exact) mass is 470 g/mol. The number of hydrogen-bond acceptors (Lipinski definition) is 6. The topological polar surface area (TPSA) is 97.7 Å². The van der Waals surface area contributed by atoms with Crippen molar-refractivity contribution in [2.75, 3.05) is 46.4 Å². The summed E-state index contributed by atoms with van der Waals surface area (Å²) in [6.07, 6.45) is 0. The number of phenolic OH excluding ortho intramolecular Hbond substituents is 1. The molecule has 3 N–H and O–H groups in total. The molecule has 1 aromatic heterocycles. The Morgan fingerprint density at radius 1 is 1.03 bits per heavy atom. The lowest BCUT2D eigenvalue weighted by Crippen LogP contribution is -2.45. The number of halogens is 2. The van der Waals surface area contributed by atoms with Crippen molar-refractivity contribution in [3.05, 3.63) is 58.8 Å². The lowest BCUT2D eigenvalue weighted by atomic mass is 10.1. The number of nitrogens with zero attached hydrogens (tertiary/aromatic N) is 2. The van der Waals surface area contributed by atoms with Crippen molar-refractivity contribution in [2.45, 2.75) is 0 Å². The smallest absolute Gasteiger partial charge is 0.197 e. The molecule has 9 heteroatoms. The summed E-state index contributed by atoms with van der Waals surface area (Å²) < 4.78 is 11.7. The number of hydrogen-bond donors (Lipinski definition) is 1. The molecule has 0 amide bonds. The molecule has 7 nitrogen and oxygen atoms in total. The standard InChI is InChI=1S/C22H24N2O4.2ClH.H2O/c1-23-7-9-24(10-8-23)11-12-27-17-13-18(25)22-19(26)15-20(28-21(22)14-17)16-5-3-2-4-6-16;;;/h2-6,13-15,25H,7-12H2,1H3;2*1H;1H2. The molecule has 4 rings (SSSR count). The van der Waals surface area contributed by atoms with Gasteiger partial charge in [0.2, 0.25) is 0 Å². The van der Waals surface area contributed by atoms with E-state index in [2.05, 4.69) is 16.8 Å². The molecule has 3 aromatic rings. The van der Waals surface area contributed by atoms with Crippen molar-refractivity contribution in [3.8, 4) is 22.8 Å². The molecule has 1 aliphatic rings. The van der Waals surface area contributed by atoms with Crippen LogP contribution in [0.3, 0.4) is 0 Å². The highest BCUT2D eigenvalue weighted by Gasteiger charge is 2.15. The van der Waals surface area contributed by atoms with Crippen molar-refractivity contribution in [1.29, 1.82) is 0 Å². The van der Waals surface area contributed by atoms with Gasteiger partial charge in [0.25, 0.3) is 0 Å². The second-order valence-electron chi connectivity index (χ2n) is 7.15. The fourth-order valence-electron chi connectivity index (χ4n) is 3.44. The average Bonchev–Trinajstić information content (AvgIpc) is 2.69. The molecule has 0 radical (unpaired) electrons. The highest BCUT2D eigenvalue weighted by atomic mass is 35.5. The van der Waals surface area contributed by atoms with Gasteiger partial charge in [-0.25, -0.2) is 0 Å². The van der Waals surface area contributed by atoms with Gasteiger partial charge in [-0.15, -0.1) is 24.8 Å². The molecule has 31 heavy (non-hydrogen) atoms. The van der Waals surface area contributed by atoms with E-state index in [1.54, 1.807) is 6.07 Å². The molecule has 1 aliphatic heterocycles. The molecule has 170 valence electrons. The summed E-state index contributed by atoms with van der Waals surface area (Å²) in [7, 11) is 2.13.